The molecule has 0 aliphatic rings. The number of esters is 1. The maximum absolute atomic E-state index is 13.2. The Hall–Kier alpha value is -3.42. The van der Waals surface area contributed by atoms with Gasteiger partial charge in [-0.3, -0.25) is 10.1 Å². The minimum atomic E-state index is -0.897. The first-order chi connectivity index (χ1) is 11.9. The van der Waals surface area contributed by atoms with E-state index in [0.29, 0.717) is 17.1 Å². The summed E-state index contributed by atoms with van der Waals surface area (Å²) in [5.74, 6) is -1.09. The number of nitro benzene ring substituents is 1. The summed E-state index contributed by atoms with van der Waals surface area (Å²) in [4.78, 5) is 22.0. The number of rotatable bonds is 6. The Balaban J connectivity index is 2.19. The standard InChI is InChI=1S/C17H14FNO6/c1-23-13-6-3-11(15(10-13)24-2)4-8-17(20)25-16-9-12(18)5-7-14(16)19(21)22/h3-10H,1-2H3/b8-4+. The van der Waals surface area contributed by atoms with Crippen molar-refractivity contribution in [2.24, 2.45) is 0 Å². The lowest BCUT2D eigenvalue weighted by molar-refractivity contribution is -0.385. The second kappa shape index (κ2) is 7.91. The number of ether oxygens (including phenoxy) is 3. The van der Waals surface area contributed by atoms with E-state index in [1.807, 2.05) is 0 Å². The molecule has 0 saturated carbocycles. The third-order valence-corrected chi connectivity index (χ3v) is 3.17. The molecule has 0 bridgehead atoms. The quantitative estimate of drug-likeness (QED) is 0.262. The predicted molar refractivity (Wildman–Crippen MR) is 87.3 cm³/mol. The van der Waals surface area contributed by atoms with Gasteiger partial charge >= 0.3 is 11.7 Å². The van der Waals surface area contributed by atoms with E-state index in [1.165, 1.54) is 20.3 Å². The van der Waals surface area contributed by atoms with Crippen molar-refractivity contribution in [3.63, 3.8) is 0 Å². The molecular formula is C17H14FNO6. The zero-order valence-electron chi connectivity index (χ0n) is 13.4. The van der Waals surface area contributed by atoms with E-state index in [2.05, 4.69) is 0 Å². The molecule has 0 radical (unpaired) electrons. The molecule has 0 N–H and O–H groups in total. The first kappa shape index (κ1) is 17.9. The van der Waals surface area contributed by atoms with Gasteiger partial charge in [0.2, 0.25) is 5.75 Å². The number of nitro groups is 1. The lowest BCUT2D eigenvalue weighted by Crippen LogP contribution is -2.06. The zero-order valence-corrected chi connectivity index (χ0v) is 13.4. The topological polar surface area (TPSA) is 87.9 Å². The van der Waals surface area contributed by atoms with Gasteiger partial charge in [-0.15, -0.1) is 0 Å². The predicted octanol–water partition coefficient (Wildman–Crippen LogP) is 3.37. The fourth-order valence-electron chi connectivity index (χ4n) is 1.98. The molecule has 0 unspecified atom stereocenters. The Morgan fingerprint density at radius 3 is 2.52 bits per heavy atom. The van der Waals surface area contributed by atoms with Crippen LogP contribution >= 0.6 is 0 Å². The van der Waals surface area contributed by atoms with Crippen LogP contribution in [0.2, 0.25) is 0 Å². The molecule has 0 fully saturated rings. The highest BCUT2D eigenvalue weighted by molar-refractivity contribution is 5.89. The van der Waals surface area contributed by atoms with E-state index in [4.69, 9.17) is 14.2 Å². The van der Waals surface area contributed by atoms with Crippen molar-refractivity contribution >= 4 is 17.7 Å². The van der Waals surface area contributed by atoms with Gasteiger partial charge < -0.3 is 14.2 Å². The van der Waals surface area contributed by atoms with Gasteiger partial charge in [-0.05, 0) is 24.3 Å². The maximum atomic E-state index is 13.2. The van der Waals surface area contributed by atoms with Gasteiger partial charge in [0.15, 0.2) is 0 Å². The SMILES string of the molecule is COc1ccc(/C=C/C(=O)Oc2cc(F)ccc2[N+](=O)[O-])c(OC)c1. The fraction of sp³-hybridized carbons (Fsp3) is 0.118. The average Bonchev–Trinajstić information content (AvgIpc) is 2.59. The van der Waals surface area contributed by atoms with Crippen molar-refractivity contribution in [3.8, 4) is 17.2 Å². The van der Waals surface area contributed by atoms with Crippen LogP contribution in [0, 0.1) is 15.9 Å². The molecule has 8 heteroatoms. The lowest BCUT2D eigenvalue weighted by Gasteiger charge is -2.07. The molecular weight excluding hydrogens is 333 g/mol. The third kappa shape index (κ3) is 4.54. The Labute approximate surface area is 142 Å². The van der Waals surface area contributed by atoms with Crippen molar-refractivity contribution in [1.82, 2.24) is 0 Å². The van der Waals surface area contributed by atoms with Crippen LogP contribution in [0.15, 0.2) is 42.5 Å². The van der Waals surface area contributed by atoms with Gasteiger partial charge in [0.1, 0.15) is 17.3 Å². The third-order valence-electron chi connectivity index (χ3n) is 3.17. The van der Waals surface area contributed by atoms with Crippen LogP contribution in [0.25, 0.3) is 6.08 Å². The average molecular weight is 347 g/mol. The summed E-state index contributed by atoms with van der Waals surface area (Å²) in [6.07, 6.45) is 2.46. The van der Waals surface area contributed by atoms with Gasteiger partial charge in [0.25, 0.3) is 0 Å². The molecule has 2 aromatic carbocycles. The maximum Gasteiger partial charge on any atom is 0.336 e. The number of carbonyl (C=O) groups is 1. The largest absolute Gasteiger partial charge is 0.497 e. The van der Waals surface area contributed by atoms with Crippen LogP contribution in [0.5, 0.6) is 17.2 Å². The lowest BCUT2D eigenvalue weighted by atomic mass is 10.1. The van der Waals surface area contributed by atoms with Crippen molar-refractivity contribution in [2.75, 3.05) is 14.2 Å². The van der Waals surface area contributed by atoms with Crippen LogP contribution in [0.1, 0.15) is 5.56 Å². The van der Waals surface area contributed by atoms with Crippen molar-refractivity contribution in [1.29, 1.82) is 0 Å². The molecule has 2 rings (SSSR count). The fourth-order valence-corrected chi connectivity index (χ4v) is 1.98. The van der Waals surface area contributed by atoms with Crippen molar-refractivity contribution in [2.45, 2.75) is 0 Å². The Kier molecular flexibility index (Phi) is 5.67. The van der Waals surface area contributed by atoms with Gasteiger partial charge in [0.05, 0.1) is 19.1 Å². The minimum absolute atomic E-state index is 0.458. The summed E-state index contributed by atoms with van der Waals surface area (Å²) in [5, 5.41) is 10.9. The summed E-state index contributed by atoms with van der Waals surface area (Å²) in [6.45, 7) is 0. The number of nitrogens with zero attached hydrogens (tertiary/aromatic N) is 1. The van der Waals surface area contributed by atoms with E-state index in [-0.39, 0.29) is 0 Å². The zero-order chi connectivity index (χ0) is 18.4. The number of methoxy groups -OCH3 is 2. The van der Waals surface area contributed by atoms with E-state index in [9.17, 15) is 19.3 Å². The number of halogens is 1. The molecule has 0 saturated heterocycles. The minimum Gasteiger partial charge on any atom is -0.497 e. The summed E-state index contributed by atoms with van der Waals surface area (Å²) in [7, 11) is 2.97. The van der Waals surface area contributed by atoms with Crippen LogP contribution < -0.4 is 14.2 Å². The highest BCUT2D eigenvalue weighted by Gasteiger charge is 2.18. The Morgan fingerprint density at radius 1 is 1.12 bits per heavy atom. The summed E-state index contributed by atoms with van der Waals surface area (Å²) < 4.78 is 28.3. The number of hydrogen-bond donors (Lipinski definition) is 0. The molecule has 0 heterocycles. The van der Waals surface area contributed by atoms with Crippen molar-refractivity contribution < 1.29 is 28.3 Å². The first-order valence-electron chi connectivity index (χ1n) is 7.00. The molecule has 0 atom stereocenters. The molecule has 0 aliphatic heterocycles. The van der Waals surface area contributed by atoms with Crippen LogP contribution in [-0.4, -0.2) is 25.1 Å². The monoisotopic (exact) mass is 347 g/mol. The molecule has 2 aromatic rings. The van der Waals surface area contributed by atoms with Gasteiger partial charge in [0, 0.05) is 29.8 Å². The number of benzene rings is 2. The van der Waals surface area contributed by atoms with E-state index in [1.54, 1.807) is 18.2 Å². The summed E-state index contributed by atoms with van der Waals surface area (Å²) in [5.41, 5.74) is 0.0548. The smallest absolute Gasteiger partial charge is 0.336 e. The summed E-state index contributed by atoms with van der Waals surface area (Å²) >= 11 is 0. The van der Waals surface area contributed by atoms with E-state index in [0.717, 1.165) is 24.3 Å². The summed E-state index contributed by atoms with van der Waals surface area (Å²) in [6, 6.07) is 7.57. The van der Waals surface area contributed by atoms with Crippen LogP contribution in [0.3, 0.4) is 0 Å². The Morgan fingerprint density at radius 2 is 1.88 bits per heavy atom. The van der Waals surface area contributed by atoms with Gasteiger partial charge in [-0.2, -0.15) is 0 Å². The van der Waals surface area contributed by atoms with Crippen LogP contribution in [-0.2, 0) is 4.79 Å². The molecule has 0 aliphatic carbocycles. The van der Waals surface area contributed by atoms with Gasteiger partial charge in [-0.1, -0.05) is 0 Å². The molecule has 0 spiro atoms. The molecule has 25 heavy (non-hydrogen) atoms. The second-order valence-electron chi connectivity index (χ2n) is 4.73. The molecule has 7 nitrogen and oxygen atoms in total. The molecule has 130 valence electrons. The van der Waals surface area contributed by atoms with Crippen molar-refractivity contribution in [3.05, 3.63) is 64.0 Å². The first-order valence-corrected chi connectivity index (χ1v) is 7.00. The van der Waals surface area contributed by atoms with E-state index < -0.39 is 28.1 Å². The Bertz CT molecular complexity index is 834. The van der Waals surface area contributed by atoms with Gasteiger partial charge in [-0.25, -0.2) is 9.18 Å². The molecule has 0 amide bonds. The normalized spacial score (nSPS) is 10.5. The number of hydrogen-bond acceptors (Lipinski definition) is 6. The highest BCUT2D eigenvalue weighted by Crippen LogP contribution is 2.28. The van der Waals surface area contributed by atoms with E-state index >= 15 is 0 Å². The second-order valence-corrected chi connectivity index (χ2v) is 4.73. The van der Waals surface area contributed by atoms with Crippen LogP contribution in [0.4, 0.5) is 10.1 Å². The number of carbonyl (C=O) groups excluding carboxylic acids is 1. The highest BCUT2D eigenvalue weighted by atomic mass is 19.1. The molecule has 0 aromatic heterocycles.